The highest BCUT2D eigenvalue weighted by atomic mass is 35.5. The summed E-state index contributed by atoms with van der Waals surface area (Å²) >= 11 is 3.80. The topological polar surface area (TPSA) is 26.0 Å². The summed E-state index contributed by atoms with van der Waals surface area (Å²) in [5, 5.41) is 0. The van der Waals surface area contributed by atoms with Crippen LogP contribution < -0.4 is 18.1 Å². The zero-order valence-electron chi connectivity index (χ0n) is 2.82. The van der Waals surface area contributed by atoms with Crippen LogP contribution in [0, 0.1) is 0 Å². The first-order chi connectivity index (χ1) is 1.91. The van der Waals surface area contributed by atoms with Crippen LogP contribution >= 0.6 is 12.6 Å². The molecule has 5 heavy (non-hydrogen) atoms. The van der Waals surface area contributed by atoms with Crippen molar-refractivity contribution in [3.8, 4) is 0 Å². The summed E-state index contributed by atoms with van der Waals surface area (Å²) < 4.78 is 0. The Hall–Kier alpha value is 0.600. The predicted octanol–water partition coefficient (Wildman–Crippen LogP) is -3.12. The Morgan fingerprint density at radius 2 is 1.80 bits per heavy atom. The first-order valence-electron chi connectivity index (χ1n) is 1.22. The summed E-state index contributed by atoms with van der Waals surface area (Å²) in [5.74, 6) is 0.792. The number of thiol groups is 1. The van der Waals surface area contributed by atoms with Crippen LogP contribution in [0.1, 0.15) is 0 Å². The van der Waals surface area contributed by atoms with E-state index in [4.69, 9.17) is 5.73 Å². The molecule has 0 spiro atoms. The minimum absolute atomic E-state index is 0. The van der Waals surface area contributed by atoms with Crippen molar-refractivity contribution >= 4 is 12.6 Å². The normalized spacial score (nSPS) is 6.00. The van der Waals surface area contributed by atoms with Crippen LogP contribution in [0.5, 0.6) is 0 Å². The van der Waals surface area contributed by atoms with Gasteiger partial charge in [0, 0.05) is 12.3 Å². The molecule has 1 nitrogen and oxygen atoms in total. The van der Waals surface area contributed by atoms with Crippen LogP contribution in [0.25, 0.3) is 0 Å². The van der Waals surface area contributed by atoms with E-state index in [1.807, 2.05) is 0 Å². The summed E-state index contributed by atoms with van der Waals surface area (Å²) in [6.45, 7) is 0.684. The van der Waals surface area contributed by atoms with Gasteiger partial charge in [0.2, 0.25) is 0 Å². The van der Waals surface area contributed by atoms with E-state index in [0.29, 0.717) is 6.54 Å². The van der Waals surface area contributed by atoms with E-state index in [1.54, 1.807) is 0 Å². The molecule has 0 radical (unpaired) electrons. The number of rotatable bonds is 1. The minimum Gasteiger partial charge on any atom is -1.00 e. The Kier molecular flexibility index (Phi) is 16.1. The van der Waals surface area contributed by atoms with Gasteiger partial charge in [0.1, 0.15) is 0 Å². The Morgan fingerprint density at radius 1 is 1.60 bits per heavy atom. The van der Waals surface area contributed by atoms with Gasteiger partial charge < -0.3 is 18.1 Å². The van der Waals surface area contributed by atoms with Crippen molar-refractivity contribution in [3.05, 3.63) is 0 Å². The smallest absolute Gasteiger partial charge is 0.00255 e. The van der Waals surface area contributed by atoms with Gasteiger partial charge in [-0.15, -0.1) is 0 Å². The lowest BCUT2D eigenvalue weighted by Gasteiger charge is -1.69. The molecular formula is C2H7ClNS-. The summed E-state index contributed by atoms with van der Waals surface area (Å²) in [6.07, 6.45) is 0. The van der Waals surface area contributed by atoms with Crippen LogP contribution in [0.15, 0.2) is 0 Å². The molecule has 0 atom stereocenters. The molecule has 2 N–H and O–H groups in total. The summed E-state index contributed by atoms with van der Waals surface area (Å²) in [5.41, 5.74) is 4.95. The van der Waals surface area contributed by atoms with Gasteiger partial charge in [-0.2, -0.15) is 12.6 Å². The van der Waals surface area contributed by atoms with Gasteiger partial charge in [0.15, 0.2) is 0 Å². The lowest BCUT2D eigenvalue weighted by molar-refractivity contribution is -0.000000888. The largest absolute Gasteiger partial charge is 1.00 e. The molecule has 0 saturated heterocycles. The molecule has 0 saturated carbocycles. The molecule has 0 aliphatic heterocycles. The lowest BCUT2D eigenvalue weighted by Crippen LogP contribution is -3.00. The average molecular weight is 113 g/mol. The van der Waals surface area contributed by atoms with E-state index >= 15 is 0 Å². The van der Waals surface area contributed by atoms with E-state index in [2.05, 4.69) is 12.6 Å². The molecule has 34 valence electrons. The Morgan fingerprint density at radius 3 is 1.80 bits per heavy atom. The average Bonchev–Trinajstić information content (AvgIpc) is 1.37. The van der Waals surface area contributed by atoms with Crippen molar-refractivity contribution in [3.63, 3.8) is 0 Å². The molecule has 0 fully saturated rings. The standard InChI is InChI=1S/C2H7NS.ClH/c3-1-2-4;/h4H,1-3H2;1H/p-1. The summed E-state index contributed by atoms with van der Waals surface area (Å²) in [4.78, 5) is 0. The van der Waals surface area contributed by atoms with Gasteiger partial charge >= 0.3 is 0 Å². The molecule has 0 rings (SSSR count). The molecule has 0 aromatic heterocycles. The molecule has 0 aromatic rings. The van der Waals surface area contributed by atoms with E-state index in [9.17, 15) is 0 Å². The van der Waals surface area contributed by atoms with Crippen molar-refractivity contribution in [2.75, 3.05) is 12.3 Å². The highest BCUT2D eigenvalue weighted by molar-refractivity contribution is 7.80. The lowest BCUT2D eigenvalue weighted by atomic mass is 10.8. The van der Waals surface area contributed by atoms with E-state index < -0.39 is 0 Å². The fourth-order valence-corrected chi connectivity index (χ4v) is 0. The second kappa shape index (κ2) is 8.82. The second-order valence-electron chi connectivity index (χ2n) is 0.512. The van der Waals surface area contributed by atoms with E-state index in [1.165, 1.54) is 0 Å². The second-order valence-corrected chi connectivity index (χ2v) is 0.959. The summed E-state index contributed by atoms with van der Waals surface area (Å²) in [6, 6.07) is 0. The van der Waals surface area contributed by atoms with Crippen LogP contribution in [0.3, 0.4) is 0 Å². The monoisotopic (exact) mass is 112 g/mol. The third kappa shape index (κ3) is 12.1. The van der Waals surface area contributed by atoms with Crippen molar-refractivity contribution in [2.45, 2.75) is 0 Å². The molecule has 0 aliphatic rings. The molecular weight excluding hydrogens is 106 g/mol. The maximum atomic E-state index is 4.95. The minimum atomic E-state index is 0. The Bertz CT molecular complexity index is 11.6. The number of halogens is 1. The molecule has 0 heterocycles. The van der Waals surface area contributed by atoms with Crippen molar-refractivity contribution in [1.82, 2.24) is 0 Å². The van der Waals surface area contributed by atoms with Gasteiger partial charge in [0.25, 0.3) is 0 Å². The maximum Gasteiger partial charge on any atom is 0.00255 e. The van der Waals surface area contributed by atoms with E-state index in [-0.39, 0.29) is 12.4 Å². The Labute approximate surface area is 43.8 Å². The molecule has 3 heteroatoms. The molecule has 0 unspecified atom stereocenters. The fourth-order valence-electron chi connectivity index (χ4n) is 0. The number of hydrogen-bond donors (Lipinski definition) is 2. The van der Waals surface area contributed by atoms with E-state index in [0.717, 1.165) is 5.75 Å². The van der Waals surface area contributed by atoms with Gasteiger partial charge in [-0.05, 0) is 0 Å². The first-order valence-corrected chi connectivity index (χ1v) is 1.86. The highest BCUT2D eigenvalue weighted by Crippen LogP contribution is 1.58. The molecule has 0 aliphatic carbocycles. The quantitative estimate of drug-likeness (QED) is 0.345. The van der Waals surface area contributed by atoms with Gasteiger partial charge in [0.05, 0.1) is 0 Å². The zero-order valence-corrected chi connectivity index (χ0v) is 4.47. The third-order valence-corrected chi connectivity index (χ3v) is 0.387. The van der Waals surface area contributed by atoms with Crippen LogP contribution in [0.4, 0.5) is 0 Å². The van der Waals surface area contributed by atoms with Crippen molar-refractivity contribution in [2.24, 2.45) is 5.73 Å². The SMILES string of the molecule is NCCS.[Cl-]. The first kappa shape index (κ1) is 9.14. The van der Waals surface area contributed by atoms with Gasteiger partial charge in [-0.25, -0.2) is 0 Å². The van der Waals surface area contributed by atoms with Crippen molar-refractivity contribution < 1.29 is 12.4 Å². The molecule has 0 bridgehead atoms. The van der Waals surface area contributed by atoms with Crippen molar-refractivity contribution in [1.29, 1.82) is 0 Å². The van der Waals surface area contributed by atoms with Gasteiger partial charge in [-0.3, -0.25) is 0 Å². The fraction of sp³-hybridized carbons (Fsp3) is 1.00. The summed E-state index contributed by atoms with van der Waals surface area (Å²) in [7, 11) is 0. The predicted molar refractivity (Wildman–Crippen MR) is 22.9 cm³/mol. The van der Waals surface area contributed by atoms with Crippen LogP contribution in [-0.4, -0.2) is 12.3 Å². The van der Waals surface area contributed by atoms with Crippen LogP contribution in [0.2, 0.25) is 0 Å². The number of nitrogens with two attached hydrogens (primary N) is 1. The number of hydrogen-bond acceptors (Lipinski definition) is 2. The zero-order chi connectivity index (χ0) is 3.41. The molecule has 0 aromatic carbocycles. The highest BCUT2D eigenvalue weighted by Gasteiger charge is 1.56. The maximum absolute atomic E-state index is 4.95. The van der Waals surface area contributed by atoms with Crippen LogP contribution in [-0.2, 0) is 0 Å². The Balaban J connectivity index is 0. The molecule has 0 amide bonds. The third-order valence-electron chi connectivity index (χ3n) is 0.129. The van der Waals surface area contributed by atoms with Gasteiger partial charge in [-0.1, -0.05) is 0 Å².